The molecule has 0 bridgehead atoms. The smallest absolute Gasteiger partial charge is 0.411 e. The van der Waals surface area contributed by atoms with Crippen molar-refractivity contribution in [3.05, 3.63) is 47.0 Å². The van der Waals surface area contributed by atoms with E-state index in [-0.39, 0.29) is 34.3 Å². The number of halogens is 1. The zero-order chi connectivity index (χ0) is 23.6. The van der Waals surface area contributed by atoms with Crippen LogP contribution in [0.2, 0.25) is 5.02 Å². The second-order valence-electron chi connectivity index (χ2n) is 7.32. The highest BCUT2D eigenvalue weighted by Crippen LogP contribution is 2.39. The maximum Gasteiger partial charge on any atom is 0.411 e. The first-order valence-electron chi connectivity index (χ1n) is 9.65. The highest BCUT2D eigenvalue weighted by atomic mass is 35.5. The first-order valence-corrected chi connectivity index (χ1v) is 10.0. The van der Waals surface area contributed by atoms with Gasteiger partial charge in [-0.05, 0) is 51.1 Å². The normalized spacial score (nSPS) is 14.9. The van der Waals surface area contributed by atoms with E-state index < -0.39 is 23.6 Å². The Morgan fingerprint density at radius 2 is 1.88 bits per heavy atom. The van der Waals surface area contributed by atoms with Gasteiger partial charge >= 0.3 is 12.1 Å². The Kier molecular flexibility index (Phi) is 6.27. The number of hydrogen-bond acceptors (Lipinski definition) is 6. The molecular formula is C22H21ClN4O5. The topological polar surface area (TPSA) is 112 Å². The summed E-state index contributed by atoms with van der Waals surface area (Å²) in [4.78, 5) is 40.8. The Labute approximate surface area is 190 Å². The number of hydrogen-bond donors (Lipinski definition) is 1. The number of ether oxygens (including phenoxy) is 2. The second kappa shape index (κ2) is 8.77. The average molecular weight is 457 g/mol. The maximum absolute atomic E-state index is 13.4. The lowest BCUT2D eigenvalue weighted by atomic mass is 10.0. The van der Waals surface area contributed by atoms with Crippen LogP contribution in [0.15, 0.2) is 36.4 Å². The Balaban J connectivity index is 2.02. The van der Waals surface area contributed by atoms with Crippen molar-refractivity contribution in [3.8, 4) is 11.8 Å². The van der Waals surface area contributed by atoms with E-state index in [4.69, 9.17) is 21.1 Å². The van der Waals surface area contributed by atoms with E-state index >= 15 is 0 Å². The molecule has 1 heterocycles. The molecule has 0 aliphatic carbocycles. The molecule has 1 fully saturated rings. The summed E-state index contributed by atoms with van der Waals surface area (Å²) in [5, 5.41) is 12.0. The number of carbonyl (C=O) groups is 3. The van der Waals surface area contributed by atoms with E-state index in [1.165, 1.54) is 42.3 Å². The van der Waals surface area contributed by atoms with Crippen molar-refractivity contribution >= 4 is 46.7 Å². The largest absolute Gasteiger partial charge is 0.495 e. The summed E-state index contributed by atoms with van der Waals surface area (Å²) in [5.74, 6) is -0.224. The Bertz CT molecular complexity index is 1140. The third kappa shape index (κ3) is 3.92. The van der Waals surface area contributed by atoms with E-state index in [2.05, 4.69) is 5.32 Å². The molecule has 3 rings (SSSR count). The van der Waals surface area contributed by atoms with Gasteiger partial charge in [0.2, 0.25) is 0 Å². The van der Waals surface area contributed by atoms with E-state index in [0.29, 0.717) is 5.69 Å². The number of anilines is 3. The number of nitrogens with zero attached hydrogens (tertiary/aromatic N) is 3. The lowest BCUT2D eigenvalue weighted by molar-refractivity contribution is -0.120. The molecule has 0 atom stereocenters. The van der Waals surface area contributed by atoms with Gasteiger partial charge in [-0.25, -0.2) is 14.5 Å². The zero-order valence-corrected chi connectivity index (χ0v) is 18.7. The molecule has 1 saturated heterocycles. The fourth-order valence-electron chi connectivity index (χ4n) is 3.39. The zero-order valence-electron chi connectivity index (χ0n) is 17.9. The van der Waals surface area contributed by atoms with E-state index in [1.54, 1.807) is 26.8 Å². The Hall–Kier alpha value is -3.77. The summed E-state index contributed by atoms with van der Waals surface area (Å²) in [6.45, 7) is 5.07. The number of urea groups is 1. The van der Waals surface area contributed by atoms with Crippen LogP contribution in [-0.4, -0.2) is 37.3 Å². The minimum atomic E-state index is -1.24. The highest BCUT2D eigenvalue weighted by Gasteiger charge is 2.52. The molecule has 0 unspecified atom stereocenters. The minimum absolute atomic E-state index is 0.179. The molecule has 2 aromatic rings. The Morgan fingerprint density at radius 1 is 1.19 bits per heavy atom. The average Bonchev–Trinajstić information content (AvgIpc) is 2.93. The number of methoxy groups -OCH3 is 1. The van der Waals surface area contributed by atoms with Gasteiger partial charge in [0.05, 0.1) is 35.7 Å². The standard InChI is InChI=1S/C22H21ClN4O5/c1-5-32-20(29)25-17-10-15(8-9-16(17)23)27-21(30)26(19(28)22(27,2)3)14-7-6-13(12-24)18(11-14)31-4/h6-11H,5H2,1-4H3,(H,25,29). The third-order valence-corrected chi connectivity index (χ3v) is 5.28. The minimum Gasteiger partial charge on any atom is -0.495 e. The van der Waals surface area contributed by atoms with Crippen LogP contribution in [0.4, 0.5) is 26.7 Å². The van der Waals surface area contributed by atoms with Gasteiger partial charge in [0.25, 0.3) is 5.91 Å². The van der Waals surface area contributed by atoms with Crippen LogP contribution < -0.4 is 19.9 Å². The number of nitrogens with one attached hydrogen (secondary N) is 1. The van der Waals surface area contributed by atoms with Crippen LogP contribution in [0.25, 0.3) is 0 Å². The molecule has 0 aromatic heterocycles. The summed E-state index contributed by atoms with van der Waals surface area (Å²) in [5.41, 5.74) is -0.110. The number of nitriles is 1. The lowest BCUT2D eigenvalue weighted by Crippen LogP contribution is -2.44. The monoisotopic (exact) mass is 456 g/mol. The molecule has 166 valence electrons. The molecular weight excluding hydrogens is 436 g/mol. The van der Waals surface area contributed by atoms with E-state index in [1.807, 2.05) is 6.07 Å². The number of imide groups is 1. The lowest BCUT2D eigenvalue weighted by Gasteiger charge is -2.28. The van der Waals surface area contributed by atoms with E-state index in [9.17, 15) is 19.6 Å². The van der Waals surface area contributed by atoms with Gasteiger partial charge in [-0.1, -0.05) is 11.6 Å². The SMILES string of the molecule is CCOC(=O)Nc1cc(N2C(=O)N(c3ccc(C#N)c(OC)c3)C(=O)C2(C)C)ccc1Cl. The van der Waals surface area contributed by atoms with Gasteiger partial charge < -0.3 is 9.47 Å². The quantitative estimate of drug-likeness (QED) is 0.661. The van der Waals surface area contributed by atoms with Crippen LogP contribution in [0.1, 0.15) is 26.3 Å². The molecule has 4 amide bonds. The highest BCUT2D eigenvalue weighted by molar-refractivity contribution is 6.34. The van der Waals surface area contributed by atoms with Crippen LogP contribution in [0.3, 0.4) is 0 Å². The summed E-state index contributed by atoms with van der Waals surface area (Å²) in [6, 6.07) is 10.4. The van der Waals surface area contributed by atoms with Gasteiger partial charge in [0.15, 0.2) is 0 Å². The third-order valence-electron chi connectivity index (χ3n) is 4.95. The van der Waals surface area contributed by atoms with Crippen LogP contribution in [0.5, 0.6) is 5.75 Å². The summed E-state index contributed by atoms with van der Waals surface area (Å²) < 4.78 is 10.1. The number of benzene rings is 2. The van der Waals surface area contributed by atoms with Gasteiger partial charge in [0.1, 0.15) is 17.4 Å². The van der Waals surface area contributed by atoms with Crippen molar-refractivity contribution in [3.63, 3.8) is 0 Å². The predicted molar refractivity (Wildman–Crippen MR) is 119 cm³/mol. The molecule has 2 aromatic carbocycles. The summed E-state index contributed by atoms with van der Waals surface area (Å²) in [7, 11) is 1.40. The van der Waals surface area contributed by atoms with Crippen molar-refractivity contribution in [2.24, 2.45) is 0 Å². The van der Waals surface area contributed by atoms with Crippen molar-refractivity contribution < 1.29 is 23.9 Å². The van der Waals surface area contributed by atoms with Crippen molar-refractivity contribution in [2.45, 2.75) is 26.3 Å². The van der Waals surface area contributed by atoms with Crippen LogP contribution in [-0.2, 0) is 9.53 Å². The first-order chi connectivity index (χ1) is 15.1. The fourth-order valence-corrected chi connectivity index (χ4v) is 3.56. The predicted octanol–water partition coefficient (Wildman–Crippen LogP) is 4.54. The van der Waals surface area contributed by atoms with Crippen molar-refractivity contribution in [1.29, 1.82) is 5.26 Å². The molecule has 9 nitrogen and oxygen atoms in total. The first kappa shape index (κ1) is 22.9. The number of carbonyl (C=O) groups excluding carboxylic acids is 3. The molecule has 32 heavy (non-hydrogen) atoms. The molecule has 1 aliphatic rings. The number of rotatable bonds is 5. The fraction of sp³-hybridized carbons (Fsp3) is 0.273. The summed E-state index contributed by atoms with van der Waals surface area (Å²) in [6.07, 6.45) is -0.694. The molecule has 0 spiro atoms. The maximum atomic E-state index is 13.4. The summed E-state index contributed by atoms with van der Waals surface area (Å²) >= 11 is 6.18. The Morgan fingerprint density at radius 3 is 2.50 bits per heavy atom. The number of amides is 4. The van der Waals surface area contributed by atoms with Gasteiger partial charge in [-0.15, -0.1) is 0 Å². The van der Waals surface area contributed by atoms with Crippen molar-refractivity contribution in [1.82, 2.24) is 0 Å². The molecule has 1 N–H and O–H groups in total. The van der Waals surface area contributed by atoms with Gasteiger partial charge in [-0.2, -0.15) is 5.26 Å². The molecule has 0 saturated carbocycles. The van der Waals surface area contributed by atoms with Crippen LogP contribution >= 0.6 is 11.6 Å². The molecule has 1 aliphatic heterocycles. The van der Waals surface area contributed by atoms with Crippen LogP contribution in [0, 0.1) is 11.3 Å². The van der Waals surface area contributed by atoms with Gasteiger partial charge in [-0.3, -0.25) is 15.0 Å². The molecule has 0 radical (unpaired) electrons. The second-order valence-corrected chi connectivity index (χ2v) is 7.73. The van der Waals surface area contributed by atoms with E-state index in [0.717, 1.165) is 4.90 Å². The van der Waals surface area contributed by atoms with Crippen molar-refractivity contribution in [2.75, 3.05) is 28.8 Å². The van der Waals surface area contributed by atoms with Gasteiger partial charge in [0, 0.05) is 11.8 Å². The molecule has 10 heteroatoms.